The molecule has 1 aromatic heterocycles. The molecule has 7 nitrogen and oxygen atoms in total. The fourth-order valence-corrected chi connectivity index (χ4v) is 7.68. The van der Waals surface area contributed by atoms with Gasteiger partial charge in [-0.15, -0.1) is 0 Å². The van der Waals surface area contributed by atoms with E-state index in [0.29, 0.717) is 19.5 Å². The zero-order valence-electron chi connectivity index (χ0n) is 29.9. The number of halogens is 1. The van der Waals surface area contributed by atoms with E-state index in [1.165, 1.54) is 16.3 Å². The Balaban J connectivity index is 1.21. The van der Waals surface area contributed by atoms with E-state index in [-0.39, 0.29) is 27.1 Å². The minimum absolute atomic E-state index is 0.00786. The van der Waals surface area contributed by atoms with Gasteiger partial charge >= 0.3 is 5.97 Å². The van der Waals surface area contributed by atoms with Crippen molar-refractivity contribution in [3.8, 4) is 0 Å². The molecule has 4 aromatic carbocycles. The first-order valence-corrected chi connectivity index (χ1v) is 18.7. The van der Waals surface area contributed by atoms with E-state index < -0.39 is 5.97 Å². The number of fused-ring (bicyclic) bond motifs is 4. The summed E-state index contributed by atoms with van der Waals surface area (Å²) in [4.78, 5) is 30.5. The minimum atomic E-state index is -0.842. The zero-order valence-corrected chi connectivity index (χ0v) is 32.1. The number of anilines is 2. The molecule has 2 N–H and O–H groups in total. The van der Waals surface area contributed by atoms with Crippen LogP contribution >= 0.6 is 22.6 Å². The molecule has 0 aliphatic carbocycles. The van der Waals surface area contributed by atoms with E-state index in [9.17, 15) is 14.7 Å². The second-order valence-corrected chi connectivity index (χ2v) is 15.4. The highest BCUT2D eigenvalue weighted by Gasteiger charge is 2.41. The molecule has 0 bridgehead atoms. The lowest BCUT2D eigenvalue weighted by Gasteiger charge is -2.32. The van der Waals surface area contributed by atoms with Gasteiger partial charge in [0, 0.05) is 63.4 Å². The summed E-state index contributed by atoms with van der Waals surface area (Å²) in [5.41, 5.74) is 4.85. The average Bonchev–Trinajstić information content (AvgIpc) is 3.75. The van der Waals surface area contributed by atoms with Crippen molar-refractivity contribution in [2.75, 3.05) is 23.3 Å². The van der Waals surface area contributed by atoms with Crippen LogP contribution in [0.2, 0.25) is 0 Å². The highest BCUT2D eigenvalue weighted by Crippen LogP contribution is 2.50. The van der Waals surface area contributed by atoms with Gasteiger partial charge < -0.3 is 15.3 Å². The normalized spacial score (nSPS) is 15.6. The van der Waals surface area contributed by atoms with Crippen molar-refractivity contribution in [1.82, 2.24) is 9.55 Å². The zero-order chi connectivity index (χ0) is 36.9. The van der Waals surface area contributed by atoms with Crippen LogP contribution in [0.4, 0.5) is 11.4 Å². The lowest BCUT2D eigenvalue weighted by molar-refractivity contribution is -0.136. The van der Waals surface area contributed by atoms with Crippen LogP contribution in [0, 0.1) is 12.1 Å². The van der Waals surface area contributed by atoms with Crippen LogP contribution < -0.4 is 10.2 Å². The van der Waals surface area contributed by atoms with Gasteiger partial charge in [0.1, 0.15) is 6.33 Å². The minimum Gasteiger partial charge on any atom is -0.481 e. The van der Waals surface area contributed by atoms with Gasteiger partial charge in [-0.25, -0.2) is 4.98 Å². The van der Waals surface area contributed by atoms with Gasteiger partial charge in [-0.05, 0) is 51.6 Å². The number of nitrogens with zero attached hydrogens (tertiary/aromatic N) is 3. The molecule has 6 rings (SSSR count). The number of aliphatic carboxylic acids is 1. The summed E-state index contributed by atoms with van der Waals surface area (Å²) in [6.45, 7) is 9.81. The molecule has 0 fully saturated rings. The maximum absolute atomic E-state index is 13.0. The topological polar surface area (TPSA) is 87.5 Å². The number of carboxylic acid groups (broad SMARTS) is 1. The summed E-state index contributed by atoms with van der Waals surface area (Å²) >= 11 is 2.48. The van der Waals surface area contributed by atoms with Crippen molar-refractivity contribution in [1.29, 1.82) is 0 Å². The highest BCUT2D eigenvalue weighted by atomic mass is 127. The van der Waals surface area contributed by atoms with Gasteiger partial charge in [-0.3, -0.25) is 14.2 Å². The molecule has 0 saturated carbocycles. The Kier molecular flexibility index (Phi) is 11.0. The van der Waals surface area contributed by atoms with E-state index in [1.807, 2.05) is 36.4 Å². The summed E-state index contributed by atoms with van der Waals surface area (Å²) < 4.78 is 1.66. The Bertz CT molecular complexity index is 2210. The molecule has 1 atom stereocenters. The summed E-state index contributed by atoms with van der Waals surface area (Å²) in [6, 6.07) is 27.5. The molecule has 0 amide bonds. The summed E-state index contributed by atoms with van der Waals surface area (Å²) in [7, 11) is 0. The fraction of sp³-hybridized carbons (Fsp3) is 0.250. The molecule has 1 unspecified atom stereocenters. The van der Waals surface area contributed by atoms with Gasteiger partial charge in [0.2, 0.25) is 5.91 Å². The second-order valence-electron chi connectivity index (χ2n) is 14.0. The Hall–Kier alpha value is -5.14. The quantitative estimate of drug-likeness (QED) is 0.0701. The van der Waals surface area contributed by atoms with Crippen molar-refractivity contribution in [2.24, 2.45) is 0 Å². The number of hydrogen-bond acceptors (Lipinski definition) is 5. The molecule has 1 aliphatic rings. The van der Waals surface area contributed by atoms with E-state index >= 15 is 0 Å². The summed E-state index contributed by atoms with van der Waals surface area (Å²) in [5.74, 6) is -0.834. The van der Waals surface area contributed by atoms with Crippen molar-refractivity contribution < 1.29 is 14.7 Å². The number of carbonyl (C=O) groups is 2. The Morgan fingerprint density at radius 1 is 0.962 bits per heavy atom. The molecule has 0 saturated heterocycles. The Morgan fingerprint density at radius 2 is 1.69 bits per heavy atom. The smallest absolute Gasteiger partial charge is 0.305 e. The molecule has 0 spiro atoms. The third kappa shape index (κ3) is 7.56. The van der Waals surface area contributed by atoms with Crippen LogP contribution in [0.15, 0.2) is 128 Å². The van der Waals surface area contributed by atoms with Crippen LogP contribution in [0.5, 0.6) is 0 Å². The fourth-order valence-electron chi connectivity index (χ4n) is 7.13. The van der Waals surface area contributed by atoms with E-state index in [0.717, 1.165) is 33.4 Å². The van der Waals surface area contributed by atoms with Crippen molar-refractivity contribution in [3.05, 3.63) is 151 Å². The molecule has 5 aromatic rings. The Labute approximate surface area is 319 Å². The predicted molar refractivity (Wildman–Crippen MR) is 220 cm³/mol. The largest absolute Gasteiger partial charge is 0.481 e. The van der Waals surface area contributed by atoms with Crippen LogP contribution in [-0.4, -0.2) is 43.5 Å². The second kappa shape index (κ2) is 15.6. The first-order valence-electron chi connectivity index (χ1n) is 17.5. The lowest BCUT2D eigenvalue weighted by Crippen LogP contribution is -2.29. The molecular formula is C44H43IN4O3. The van der Waals surface area contributed by atoms with Gasteiger partial charge in [0.15, 0.2) is 0 Å². The molecule has 8 heteroatoms. The number of aromatic nitrogens is 2. The van der Waals surface area contributed by atoms with Gasteiger partial charge in [-0.1, -0.05) is 141 Å². The Morgan fingerprint density at radius 3 is 2.46 bits per heavy atom. The number of allylic oxidation sites excluding steroid dienone is 8. The van der Waals surface area contributed by atoms with Gasteiger partial charge in [-0.2, -0.15) is 0 Å². The molecular weight excluding hydrogens is 759 g/mol. The van der Waals surface area contributed by atoms with Crippen LogP contribution in [0.25, 0.3) is 21.5 Å². The predicted octanol–water partition coefficient (Wildman–Crippen LogP) is 9.84. The third-order valence-corrected chi connectivity index (χ3v) is 11.8. The monoisotopic (exact) mass is 802 g/mol. The number of benzene rings is 3. The third-order valence-electron chi connectivity index (χ3n) is 9.82. The standard InChI is InChI=1S/C44H43IN4O3/c1-43(2,41-33-16-12-10-14-31(33)20-22-35(41)47-26-24-40(51)52)37(45)18-8-6-5-7-9-19-38-44(3,4)42-34-17-13-11-15-32(34)21-23-36(42)49(38)28-25-39(50)48-29-27-46-30-48/h5-19,21,23,27,29-30,37,47H,24-26,28H2,1-4H3,(H,51,52)/b6-5+,9-7+,18-8+,38-19+. The van der Waals surface area contributed by atoms with Crippen LogP contribution in [0.3, 0.4) is 0 Å². The van der Waals surface area contributed by atoms with E-state index in [4.69, 9.17) is 0 Å². The molecule has 0 radical (unpaired) electrons. The van der Waals surface area contributed by atoms with Gasteiger partial charge in [0.25, 0.3) is 0 Å². The molecule has 1 aliphatic heterocycles. The average molecular weight is 803 g/mol. The maximum Gasteiger partial charge on any atom is 0.305 e. The maximum atomic E-state index is 13.0. The number of rotatable bonds is 13. The van der Waals surface area contributed by atoms with Crippen molar-refractivity contribution >= 4 is 67.4 Å². The molecule has 264 valence electrons. The van der Waals surface area contributed by atoms with E-state index in [2.05, 4.69) is 144 Å². The molecule has 2 heterocycles. The van der Waals surface area contributed by atoms with Crippen molar-refractivity contribution in [2.45, 2.75) is 55.3 Å². The SMILES string of the molecule is CC1(C)\C(=C/C=C/C=C/C=C/C(I)C(C)(C)c2c(NCCC(=O)O)c#cc3ccccc23)N(CCC(=O)n2ccnc2)c2ccc3ccccc3c21. The number of alkyl halides is 1. The van der Waals surface area contributed by atoms with Crippen LogP contribution in [-0.2, 0) is 15.6 Å². The number of carbonyl (C=O) groups excluding carboxylic acids is 1. The number of nitrogens with one attached hydrogen (secondary N) is 1. The summed E-state index contributed by atoms with van der Waals surface area (Å²) in [6.07, 6.45) is 19.9. The van der Waals surface area contributed by atoms with Gasteiger partial charge in [0.05, 0.1) is 12.1 Å². The highest BCUT2D eigenvalue weighted by molar-refractivity contribution is 14.1. The summed E-state index contributed by atoms with van der Waals surface area (Å²) in [5, 5.41) is 17.0. The van der Waals surface area contributed by atoms with Crippen molar-refractivity contribution in [3.63, 3.8) is 0 Å². The first kappa shape index (κ1) is 36.6. The number of imidazole rings is 1. The van der Waals surface area contributed by atoms with E-state index in [1.54, 1.807) is 23.3 Å². The lowest BCUT2D eigenvalue weighted by atomic mass is 9.78. The van der Waals surface area contributed by atoms with Crippen LogP contribution in [0.1, 0.15) is 56.5 Å². The number of carboxylic acids is 1. The first-order chi connectivity index (χ1) is 25.0. The number of hydrogen-bond donors (Lipinski definition) is 2. The molecule has 52 heavy (non-hydrogen) atoms.